The van der Waals surface area contributed by atoms with Gasteiger partial charge in [-0.05, 0) is 63.1 Å². The largest absolute Gasteiger partial charge is 0.491 e. The molecule has 0 spiro atoms. The van der Waals surface area contributed by atoms with Gasteiger partial charge >= 0.3 is 0 Å². The lowest BCUT2D eigenvalue weighted by Gasteiger charge is -2.25. The second-order valence-electron chi connectivity index (χ2n) is 8.33. The monoisotopic (exact) mass is 433 g/mol. The van der Waals surface area contributed by atoms with Crippen LogP contribution < -0.4 is 10.1 Å². The second kappa shape index (κ2) is 10.5. The average molecular weight is 434 g/mol. The number of nitrogens with one attached hydrogen (secondary N) is 1. The van der Waals surface area contributed by atoms with Crippen molar-refractivity contribution >= 4 is 11.6 Å². The van der Waals surface area contributed by atoms with Crippen molar-refractivity contribution in [1.29, 1.82) is 0 Å². The fraction of sp³-hybridized carbons (Fsp3) is 0.400. The lowest BCUT2D eigenvalue weighted by molar-refractivity contribution is 0.174. The summed E-state index contributed by atoms with van der Waals surface area (Å²) >= 11 is 0. The third-order valence-electron chi connectivity index (χ3n) is 5.47. The van der Waals surface area contributed by atoms with Gasteiger partial charge in [0, 0.05) is 31.6 Å². The summed E-state index contributed by atoms with van der Waals surface area (Å²) in [5.74, 6) is 2.37. The maximum atomic E-state index is 5.96. The molecule has 3 aromatic rings. The molecule has 1 N–H and O–H groups in total. The normalized spacial score (nSPS) is 16.4. The number of hydrogen-bond acceptors (Lipinski definition) is 7. The lowest BCUT2D eigenvalue weighted by atomic mass is 10.1. The predicted octanol–water partition coefficient (Wildman–Crippen LogP) is 4.89. The van der Waals surface area contributed by atoms with Crippen LogP contribution in [0.15, 0.2) is 55.0 Å². The Bertz CT molecular complexity index is 1010. The minimum Gasteiger partial charge on any atom is -0.491 e. The molecular formula is C25H31N5O2. The molecule has 0 amide bonds. The summed E-state index contributed by atoms with van der Waals surface area (Å²) in [6.45, 7) is 6.54. The van der Waals surface area contributed by atoms with E-state index in [-0.39, 0.29) is 12.1 Å². The Morgan fingerprint density at radius 2 is 2.06 bits per heavy atom. The van der Waals surface area contributed by atoms with E-state index in [9.17, 15) is 0 Å². The Hall–Kier alpha value is -3.03. The van der Waals surface area contributed by atoms with E-state index in [2.05, 4.69) is 44.5 Å². The summed E-state index contributed by atoms with van der Waals surface area (Å²) in [5, 5.41) is 3.24. The Morgan fingerprint density at radius 3 is 2.84 bits per heavy atom. The molecule has 1 aromatic carbocycles. The van der Waals surface area contributed by atoms with Gasteiger partial charge in [0.05, 0.1) is 30.6 Å². The smallest absolute Gasteiger partial charge is 0.150 e. The molecule has 7 nitrogen and oxygen atoms in total. The van der Waals surface area contributed by atoms with Crippen molar-refractivity contribution < 1.29 is 9.47 Å². The second-order valence-corrected chi connectivity index (χ2v) is 8.33. The van der Waals surface area contributed by atoms with Gasteiger partial charge in [-0.25, -0.2) is 9.97 Å². The molecule has 2 aromatic heterocycles. The number of pyridine rings is 1. The number of nitrogens with zero attached hydrogens (tertiary/aromatic N) is 4. The average Bonchev–Trinajstić information content (AvgIpc) is 3.24. The first-order valence-electron chi connectivity index (χ1n) is 11.1. The molecule has 1 aliphatic rings. The zero-order chi connectivity index (χ0) is 22.3. The summed E-state index contributed by atoms with van der Waals surface area (Å²) < 4.78 is 11.4. The summed E-state index contributed by atoms with van der Waals surface area (Å²) in [6, 6.07) is 12.8. The topological polar surface area (TPSA) is 72.4 Å². The maximum Gasteiger partial charge on any atom is 0.150 e. The minimum atomic E-state index is 0.133. The molecule has 1 aliphatic heterocycles. The summed E-state index contributed by atoms with van der Waals surface area (Å²) in [5.41, 5.74) is 3.42. The number of hydrogen-bond donors (Lipinski definition) is 1. The van der Waals surface area contributed by atoms with Crippen molar-refractivity contribution in [3.05, 3.63) is 71.8 Å². The molecular weight excluding hydrogens is 402 g/mol. The third-order valence-corrected chi connectivity index (χ3v) is 5.47. The highest BCUT2D eigenvalue weighted by atomic mass is 16.5. The predicted molar refractivity (Wildman–Crippen MR) is 125 cm³/mol. The number of benzene rings is 1. The van der Waals surface area contributed by atoms with Crippen molar-refractivity contribution in [3.8, 4) is 5.75 Å². The van der Waals surface area contributed by atoms with Gasteiger partial charge < -0.3 is 14.8 Å². The standard InChI is InChI=1S/C25H31N5O2/c1-18(2)32-23-10-9-19(14-20(23)17-31-3)16-30-13-5-7-22(30)21-6-4-8-24(28-21)29-25-15-26-11-12-27-25/h4,6,8-12,14-15,18,22H,5,7,13,16-17H2,1-3H3,(H,27,28,29)/t22-/m1/s1. The van der Waals surface area contributed by atoms with E-state index in [4.69, 9.17) is 14.5 Å². The van der Waals surface area contributed by atoms with Gasteiger partial charge in [0.2, 0.25) is 0 Å². The molecule has 0 saturated carbocycles. The van der Waals surface area contributed by atoms with Gasteiger partial charge in [-0.2, -0.15) is 0 Å². The zero-order valence-corrected chi connectivity index (χ0v) is 19.0. The number of methoxy groups -OCH3 is 1. The van der Waals surface area contributed by atoms with E-state index in [1.54, 1.807) is 25.7 Å². The quantitative estimate of drug-likeness (QED) is 0.515. The van der Waals surface area contributed by atoms with E-state index in [0.717, 1.165) is 48.8 Å². The summed E-state index contributed by atoms with van der Waals surface area (Å²) in [4.78, 5) is 15.8. The van der Waals surface area contributed by atoms with Crippen LogP contribution in [0.5, 0.6) is 5.75 Å². The van der Waals surface area contributed by atoms with E-state index >= 15 is 0 Å². The SMILES string of the molecule is COCc1cc(CN2CCC[C@@H]2c2cccc(Nc3cnccn3)n2)ccc1OC(C)C. The number of ether oxygens (including phenoxy) is 2. The van der Waals surface area contributed by atoms with Crippen LogP contribution in [0.25, 0.3) is 0 Å². The van der Waals surface area contributed by atoms with Crippen molar-refractivity contribution in [2.75, 3.05) is 19.0 Å². The molecule has 7 heteroatoms. The van der Waals surface area contributed by atoms with Gasteiger partial charge in [-0.3, -0.25) is 9.88 Å². The highest BCUT2D eigenvalue weighted by molar-refractivity contribution is 5.50. The Balaban J connectivity index is 1.49. The fourth-order valence-electron chi connectivity index (χ4n) is 4.15. The molecule has 168 valence electrons. The number of rotatable bonds is 9. The molecule has 1 atom stereocenters. The van der Waals surface area contributed by atoms with Crippen molar-refractivity contribution in [2.24, 2.45) is 0 Å². The van der Waals surface area contributed by atoms with Crippen molar-refractivity contribution in [2.45, 2.75) is 52.0 Å². The molecule has 4 rings (SSSR count). The third kappa shape index (κ3) is 5.60. The number of aromatic nitrogens is 3. The van der Waals surface area contributed by atoms with Crippen LogP contribution in [0.2, 0.25) is 0 Å². The van der Waals surface area contributed by atoms with Crippen molar-refractivity contribution in [1.82, 2.24) is 19.9 Å². The van der Waals surface area contributed by atoms with Crippen LogP contribution >= 0.6 is 0 Å². The Morgan fingerprint density at radius 1 is 1.16 bits per heavy atom. The molecule has 1 saturated heterocycles. The van der Waals surface area contributed by atoms with Crippen molar-refractivity contribution in [3.63, 3.8) is 0 Å². The van der Waals surface area contributed by atoms with Gasteiger partial charge in [-0.15, -0.1) is 0 Å². The summed E-state index contributed by atoms with van der Waals surface area (Å²) in [7, 11) is 1.72. The molecule has 0 bridgehead atoms. The number of likely N-dealkylation sites (tertiary alicyclic amines) is 1. The highest BCUT2D eigenvalue weighted by Gasteiger charge is 2.27. The fourth-order valence-corrected chi connectivity index (χ4v) is 4.15. The summed E-state index contributed by atoms with van der Waals surface area (Å²) in [6.07, 6.45) is 7.41. The van der Waals surface area contributed by atoms with E-state index in [0.29, 0.717) is 12.4 Å². The van der Waals surface area contributed by atoms with E-state index in [1.807, 2.05) is 26.0 Å². The Kier molecular flexibility index (Phi) is 7.29. The van der Waals surface area contributed by atoms with Crippen LogP contribution in [-0.2, 0) is 17.9 Å². The van der Waals surface area contributed by atoms with Crippen LogP contribution in [0.1, 0.15) is 49.6 Å². The first-order valence-corrected chi connectivity index (χ1v) is 11.1. The van der Waals surface area contributed by atoms with Crippen LogP contribution in [0.4, 0.5) is 11.6 Å². The van der Waals surface area contributed by atoms with Gasteiger partial charge in [0.15, 0.2) is 0 Å². The lowest BCUT2D eigenvalue weighted by Crippen LogP contribution is -2.23. The molecule has 0 aliphatic carbocycles. The molecule has 3 heterocycles. The van der Waals surface area contributed by atoms with Gasteiger partial charge in [0.1, 0.15) is 17.4 Å². The number of anilines is 2. The first-order chi connectivity index (χ1) is 15.6. The van der Waals surface area contributed by atoms with Crippen LogP contribution in [-0.4, -0.2) is 39.6 Å². The maximum absolute atomic E-state index is 5.96. The first kappa shape index (κ1) is 22.2. The van der Waals surface area contributed by atoms with Gasteiger partial charge in [0.25, 0.3) is 0 Å². The zero-order valence-electron chi connectivity index (χ0n) is 19.0. The highest BCUT2D eigenvalue weighted by Crippen LogP contribution is 2.33. The van der Waals surface area contributed by atoms with Gasteiger partial charge in [-0.1, -0.05) is 12.1 Å². The molecule has 0 radical (unpaired) electrons. The molecule has 1 fully saturated rings. The van der Waals surface area contributed by atoms with Crippen LogP contribution in [0, 0.1) is 0 Å². The van der Waals surface area contributed by atoms with Crippen LogP contribution in [0.3, 0.4) is 0 Å². The molecule has 32 heavy (non-hydrogen) atoms. The molecule has 0 unspecified atom stereocenters. The Labute approximate surface area is 189 Å². The minimum absolute atomic E-state index is 0.133. The van der Waals surface area contributed by atoms with E-state index in [1.165, 1.54) is 5.56 Å². The van der Waals surface area contributed by atoms with E-state index < -0.39 is 0 Å².